The zero-order chi connectivity index (χ0) is 12.3. The Bertz CT molecular complexity index is 496. The molecule has 5 heteroatoms. The third-order valence-electron chi connectivity index (χ3n) is 2.21. The SMILES string of the molecule is CC(C)NCc1nc(-c2cccc(Br)c2)no1. The second-order valence-corrected chi connectivity index (χ2v) is 4.97. The van der Waals surface area contributed by atoms with Crippen molar-refractivity contribution < 1.29 is 4.52 Å². The van der Waals surface area contributed by atoms with Gasteiger partial charge in [0.25, 0.3) is 0 Å². The number of aromatic nitrogens is 2. The first-order valence-electron chi connectivity index (χ1n) is 5.47. The fraction of sp³-hybridized carbons (Fsp3) is 0.333. The smallest absolute Gasteiger partial charge is 0.240 e. The monoisotopic (exact) mass is 295 g/mol. The first-order valence-corrected chi connectivity index (χ1v) is 6.26. The molecule has 0 spiro atoms. The van der Waals surface area contributed by atoms with Crippen LogP contribution < -0.4 is 5.32 Å². The minimum absolute atomic E-state index is 0.399. The first-order chi connectivity index (χ1) is 8.15. The van der Waals surface area contributed by atoms with Gasteiger partial charge in [-0.2, -0.15) is 4.98 Å². The molecule has 17 heavy (non-hydrogen) atoms. The summed E-state index contributed by atoms with van der Waals surface area (Å²) in [5.74, 6) is 1.22. The third kappa shape index (κ3) is 3.38. The maximum Gasteiger partial charge on any atom is 0.240 e. The molecule has 1 heterocycles. The van der Waals surface area contributed by atoms with Gasteiger partial charge in [-0.25, -0.2) is 0 Å². The molecule has 0 saturated heterocycles. The lowest BCUT2D eigenvalue weighted by molar-refractivity contribution is 0.362. The summed E-state index contributed by atoms with van der Waals surface area (Å²) in [6, 6.07) is 8.23. The van der Waals surface area contributed by atoms with Crippen LogP contribution in [0.15, 0.2) is 33.3 Å². The lowest BCUT2D eigenvalue weighted by Gasteiger charge is -2.02. The van der Waals surface area contributed by atoms with Crippen molar-refractivity contribution in [3.63, 3.8) is 0 Å². The van der Waals surface area contributed by atoms with Crippen LogP contribution in [0.25, 0.3) is 11.4 Å². The maximum absolute atomic E-state index is 5.17. The number of nitrogens with zero attached hydrogens (tertiary/aromatic N) is 2. The van der Waals surface area contributed by atoms with Crippen molar-refractivity contribution in [1.29, 1.82) is 0 Å². The lowest BCUT2D eigenvalue weighted by Crippen LogP contribution is -2.21. The quantitative estimate of drug-likeness (QED) is 0.942. The molecule has 0 aliphatic rings. The van der Waals surface area contributed by atoms with E-state index in [-0.39, 0.29) is 0 Å². The molecule has 0 radical (unpaired) electrons. The molecule has 0 saturated carbocycles. The Morgan fingerprint density at radius 1 is 1.41 bits per heavy atom. The van der Waals surface area contributed by atoms with E-state index in [2.05, 4.69) is 45.2 Å². The molecule has 1 aromatic carbocycles. The van der Waals surface area contributed by atoms with Crippen LogP contribution >= 0.6 is 15.9 Å². The van der Waals surface area contributed by atoms with Crippen molar-refractivity contribution in [3.05, 3.63) is 34.6 Å². The number of nitrogens with one attached hydrogen (secondary N) is 1. The van der Waals surface area contributed by atoms with Crippen LogP contribution in [0, 0.1) is 0 Å². The molecule has 4 nitrogen and oxygen atoms in total. The Labute approximate surface area is 109 Å². The molecular weight excluding hydrogens is 282 g/mol. The Hall–Kier alpha value is -1.20. The van der Waals surface area contributed by atoms with Crippen molar-refractivity contribution >= 4 is 15.9 Å². The van der Waals surface area contributed by atoms with Gasteiger partial charge >= 0.3 is 0 Å². The number of rotatable bonds is 4. The van der Waals surface area contributed by atoms with E-state index in [9.17, 15) is 0 Å². The van der Waals surface area contributed by atoms with Gasteiger partial charge in [0.1, 0.15) is 0 Å². The summed E-state index contributed by atoms with van der Waals surface area (Å²) in [5.41, 5.74) is 0.943. The van der Waals surface area contributed by atoms with E-state index in [1.54, 1.807) is 0 Å². The van der Waals surface area contributed by atoms with Gasteiger partial charge in [0.15, 0.2) is 0 Å². The highest BCUT2D eigenvalue weighted by Gasteiger charge is 2.08. The fourth-order valence-electron chi connectivity index (χ4n) is 1.36. The van der Waals surface area contributed by atoms with Gasteiger partial charge in [0, 0.05) is 16.1 Å². The highest BCUT2D eigenvalue weighted by atomic mass is 79.9. The number of benzene rings is 1. The van der Waals surface area contributed by atoms with Crippen LogP contribution in [0.5, 0.6) is 0 Å². The summed E-state index contributed by atoms with van der Waals surface area (Å²) in [6.07, 6.45) is 0. The van der Waals surface area contributed by atoms with Gasteiger partial charge in [-0.15, -0.1) is 0 Å². The molecule has 0 fully saturated rings. The normalized spacial score (nSPS) is 11.1. The molecule has 1 aromatic heterocycles. The molecular formula is C12H14BrN3O. The highest BCUT2D eigenvalue weighted by molar-refractivity contribution is 9.10. The minimum atomic E-state index is 0.399. The zero-order valence-electron chi connectivity index (χ0n) is 9.77. The van der Waals surface area contributed by atoms with Gasteiger partial charge in [-0.05, 0) is 12.1 Å². The predicted molar refractivity (Wildman–Crippen MR) is 69.4 cm³/mol. The Kier molecular flexibility index (Phi) is 3.91. The van der Waals surface area contributed by atoms with Gasteiger partial charge in [-0.1, -0.05) is 47.1 Å². The summed E-state index contributed by atoms with van der Waals surface area (Å²) in [5, 5.41) is 7.19. The van der Waals surface area contributed by atoms with E-state index in [1.165, 1.54) is 0 Å². The maximum atomic E-state index is 5.17. The molecule has 1 N–H and O–H groups in total. The Morgan fingerprint density at radius 3 is 2.94 bits per heavy atom. The second kappa shape index (κ2) is 5.42. The first kappa shape index (κ1) is 12.3. The average molecular weight is 296 g/mol. The molecule has 0 amide bonds. The number of hydrogen-bond donors (Lipinski definition) is 1. The average Bonchev–Trinajstić information content (AvgIpc) is 2.75. The molecule has 0 unspecified atom stereocenters. The van der Waals surface area contributed by atoms with E-state index in [0.717, 1.165) is 10.0 Å². The zero-order valence-corrected chi connectivity index (χ0v) is 11.4. The van der Waals surface area contributed by atoms with E-state index in [0.29, 0.717) is 24.3 Å². The van der Waals surface area contributed by atoms with Gasteiger partial charge in [0.2, 0.25) is 11.7 Å². The van der Waals surface area contributed by atoms with Crippen LogP contribution in [-0.2, 0) is 6.54 Å². The topological polar surface area (TPSA) is 51.0 Å². The van der Waals surface area contributed by atoms with Crippen LogP contribution in [-0.4, -0.2) is 16.2 Å². The standard InChI is InChI=1S/C12H14BrN3O/c1-8(2)14-7-11-15-12(16-17-11)9-4-3-5-10(13)6-9/h3-6,8,14H,7H2,1-2H3. The molecule has 0 aliphatic heterocycles. The largest absolute Gasteiger partial charge is 0.338 e. The molecule has 0 bridgehead atoms. The second-order valence-electron chi connectivity index (χ2n) is 4.06. The van der Waals surface area contributed by atoms with Crippen LogP contribution in [0.2, 0.25) is 0 Å². The summed E-state index contributed by atoms with van der Waals surface area (Å²) in [7, 11) is 0. The minimum Gasteiger partial charge on any atom is -0.338 e. The molecule has 90 valence electrons. The van der Waals surface area contributed by atoms with Gasteiger partial charge in [-0.3, -0.25) is 0 Å². The summed E-state index contributed by atoms with van der Waals surface area (Å²) >= 11 is 3.42. The van der Waals surface area contributed by atoms with E-state index in [1.807, 2.05) is 24.3 Å². The van der Waals surface area contributed by atoms with Crippen LogP contribution in [0.4, 0.5) is 0 Å². The Morgan fingerprint density at radius 2 is 2.24 bits per heavy atom. The molecule has 0 atom stereocenters. The van der Waals surface area contributed by atoms with Gasteiger partial charge in [0.05, 0.1) is 6.54 Å². The number of hydrogen-bond acceptors (Lipinski definition) is 4. The molecule has 0 aliphatic carbocycles. The van der Waals surface area contributed by atoms with E-state index < -0.39 is 0 Å². The summed E-state index contributed by atoms with van der Waals surface area (Å²) in [4.78, 5) is 4.33. The lowest BCUT2D eigenvalue weighted by atomic mass is 10.2. The van der Waals surface area contributed by atoms with Gasteiger partial charge < -0.3 is 9.84 Å². The fourth-order valence-corrected chi connectivity index (χ4v) is 1.76. The van der Waals surface area contributed by atoms with Crippen molar-refractivity contribution in [2.45, 2.75) is 26.4 Å². The number of halogens is 1. The molecule has 2 aromatic rings. The third-order valence-corrected chi connectivity index (χ3v) is 2.71. The van der Waals surface area contributed by atoms with Crippen molar-refractivity contribution in [1.82, 2.24) is 15.5 Å². The van der Waals surface area contributed by atoms with Crippen LogP contribution in [0.1, 0.15) is 19.7 Å². The highest BCUT2D eigenvalue weighted by Crippen LogP contribution is 2.20. The van der Waals surface area contributed by atoms with Crippen LogP contribution in [0.3, 0.4) is 0 Å². The Balaban J connectivity index is 2.12. The summed E-state index contributed by atoms with van der Waals surface area (Å²) in [6.45, 7) is 4.75. The summed E-state index contributed by atoms with van der Waals surface area (Å²) < 4.78 is 6.17. The predicted octanol–water partition coefficient (Wildman–Crippen LogP) is 3.00. The molecule has 2 rings (SSSR count). The van der Waals surface area contributed by atoms with Crippen molar-refractivity contribution in [2.24, 2.45) is 0 Å². The van der Waals surface area contributed by atoms with E-state index >= 15 is 0 Å². The van der Waals surface area contributed by atoms with Crippen molar-refractivity contribution in [3.8, 4) is 11.4 Å². The van der Waals surface area contributed by atoms with E-state index in [4.69, 9.17) is 4.52 Å². The van der Waals surface area contributed by atoms with Crippen molar-refractivity contribution in [2.75, 3.05) is 0 Å².